The molecule has 2 heterocycles. The highest BCUT2D eigenvalue weighted by Crippen LogP contribution is 2.41. The molecular weight excluding hydrogens is 362 g/mol. The highest BCUT2D eigenvalue weighted by Gasteiger charge is 2.31. The molecule has 1 aromatic heterocycles. The molecule has 1 aromatic carbocycles. The minimum atomic E-state index is -2.60. The molecule has 0 spiro atoms. The predicted molar refractivity (Wildman–Crippen MR) is 102 cm³/mol. The Morgan fingerprint density at radius 3 is 2.43 bits per heavy atom. The Morgan fingerprint density at radius 1 is 1.14 bits per heavy atom. The van der Waals surface area contributed by atoms with Crippen LogP contribution >= 0.6 is 0 Å². The molecule has 1 aliphatic heterocycles. The van der Waals surface area contributed by atoms with Gasteiger partial charge in [-0.2, -0.15) is 5.10 Å². The summed E-state index contributed by atoms with van der Waals surface area (Å²) in [6.45, 7) is 5.96. The van der Waals surface area contributed by atoms with Crippen molar-refractivity contribution < 1.29 is 13.6 Å². The standard InChI is InChI=1S/C21H26F2N4O/c1-15-2-4-16(5-3-15)13-25-8-10-26(11-9-25)20(28)14-27-19(17-6-7-17)12-18(24-27)21(22)23/h2-5,12,17,21H,6-11,13-14H2,1H3. The molecule has 0 atom stereocenters. The first-order chi connectivity index (χ1) is 13.5. The summed E-state index contributed by atoms with van der Waals surface area (Å²) in [6.07, 6.45) is -0.625. The maximum atomic E-state index is 13.0. The van der Waals surface area contributed by atoms with E-state index in [2.05, 4.69) is 41.2 Å². The van der Waals surface area contributed by atoms with Gasteiger partial charge in [0.05, 0.1) is 0 Å². The zero-order valence-corrected chi connectivity index (χ0v) is 16.2. The molecule has 0 N–H and O–H groups in total. The molecule has 2 aromatic rings. The minimum absolute atomic E-state index is 0.0409. The van der Waals surface area contributed by atoms with Crippen molar-refractivity contribution in [3.63, 3.8) is 0 Å². The van der Waals surface area contributed by atoms with Crippen LogP contribution < -0.4 is 0 Å². The van der Waals surface area contributed by atoms with Gasteiger partial charge in [0.25, 0.3) is 6.43 Å². The zero-order chi connectivity index (χ0) is 19.7. The number of aromatic nitrogens is 2. The lowest BCUT2D eigenvalue weighted by molar-refractivity contribution is -0.133. The Balaban J connectivity index is 1.32. The molecule has 5 nitrogen and oxygen atoms in total. The van der Waals surface area contributed by atoms with Crippen molar-refractivity contribution in [2.24, 2.45) is 0 Å². The van der Waals surface area contributed by atoms with Crippen molar-refractivity contribution in [2.75, 3.05) is 26.2 Å². The number of halogens is 2. The van der Waals surface area contributed by atoms with E-state index in [0.29, 0.717) is 13.1 Å². The summed E-state index contributed by atoms with van der Waals surface area (Å²) in [6, 6.07) is 9.99. The molecule has 0 unspecified atom stereocenters. The largest absolute Gasteiger partial charge is 0.339 e. The fraction of sp³-hybridized carbons (Fsp3) is 0.524. The topological polar surface area (TPSA) is 41.4 Å². The molecule has 0 bridgehead atoms. The molecule has 150 valence electrons. The highest BCUT2D eigenvalue weighted by molar-refractivity contribution is 5.76. The summed E-state index contributed by atoms with van der Waals surface area (Å²) >= 11 is 0. The highest BCUT2D eigenvalue weighted by atomic mass is 19.3. The van der Waals surface area contributed by atoms with E-state index in [1.54, 1.807) is 0 Å². The second-order valence-electron chi connectivity index (χ2n) is 7.87. The average molecular weight is 388 g/mol. The summed E-state index contributed by atoms with van der Waals surface area (Å²) in [4.78, 5) is 16.9. The van der Waals surface area contributed by atoms with Crippen LogP contribution in [-0.4, -0.2) is 51.7 Å². The van der Waals surface area contributed by atoms with Crippen LogP contribution in [0, 0.1) is 6.92 Å². The van der Waals surface area contributed by atoms with Crippen LogP contribution in [0.3, 0.4) is 0 Å². The summed E-state index contributed by atoms with van der Waals surface area (Å²) in [5.74, 6) is 0.236. The number of benzene rings is 1. The molecule has 1 saturated heterocycles. The Hall–Kier alpha value is -2.28. The summed E-state index contributed by atoms with van der Waals surface area (Å²) in [5.41, 5.74) is 3.08. The second kappa shape index (κ2) is 7.99. The Bertz CT molecular complexity index is 821. The minimum Gasteiger partial charge on any atom is -0.339 e. The molecule has 1 aliphatic carbocycles. The van der Waals surface area contributed by atoms with E-state index in [1.807, 2.05) is 4.90 Å². The monoisotopic (exact) mass is 388 g/mol. The van der Waals surface area contributed by atoms with Crippen LogP contribution in [-0.2, 0) is 17.9 Å². The van der Waals surface area contributed by atoms with Crippen LogP contribution in [0.15, 0.2) is 30.3 Å². The van der Waals surface area contributed by atoms with Crippen molar-refractivity contribution in [3.05, 3.63) is 52.8 Å². The van der Waals surface area contributed by atoms with Crippen molar-refractivity contribution in [1.82, 2.24) is 19.6 Å². The van der Waals surface area contributed by atoms with Gasteiger partial charge in [0.15, 0.2) is 0 Å². The van der Waals surface area contributed by atoms with Crippen LogP contribution in [0.1, 0.15) is 47.7 Å². The number of carbonyl (C=O) groups excluding carboxylic acids is 1. The third kappa shape index (κ3) is 4.41. The quantitative estimate of drug-likeness (QED) is 0.762. The Morgan fingerprint density at radius 2 is 1.82 bits per heavy atom. The predicted octanol–water partition coefficient (Wildman–Crippen LogP) is 3.35. The van der Waals surface area contributed by atoms with Crippen molar-refractivity contribution >= 4 is 5.91 Å². The van der Waals surface area contributed by atoms with E-state index in [1.165, 1.54) is 21.9 Å². The Labute approximate surface area is 163 Å². The number of hydrogen-bond acceptors (Lipinski definition) is 3. The molecule has 1 saturated carbocycles. The van der Waals surface area contributed by atoms with Gasteiger partial charge < -0.3 is 4.90 Å². The molecule has 4 rings (SSSR count). The van der Waals surface area contributed by atoms with Crippen LogP contribution in [0.4, 0.5) is 8.78 Å². The molecular formula is C21H26F2N4O. The first kappa shape index (κ1) is 19.1. The molecule has 1 amide bonds. The number of alkyl halides is 2. The van der Waals surface area contributed by atoms with Crippen molar-refractivity contribution in [2.45, 2.75) is 45.2 Å². The lowest BCUT2D eigenvalue weighted by atomic mass is 10.1. The number of amides is 1. The average Bonchev–Trinajstić information content (AvgIpc) is 3.44. The second-order valence-corrected chi connectivity index (χ2v) is 7.87. The molecule has 0 radical (unpaired) electrons. The maximum Gasteiger partial charge on any atom is 0.282 e. The number of carbonyl (C=O) groups is 1. The molecule has 28 heavy (non-hydrogen) atoms. The van der Waals surface area contributed by atoms with Gasteiger partial charge in [0.2, 0.25) is 5.91 Å². The fourth-order valence-corrected chi connectivity index (χ4v) is 3.73. The smallest absolute Gasteiger partial charge is 0.282 e. The van der Waals surface area contributed by atoms with E-state index in [9.17, 15) is 13.6 Å². The normalized spacial score (nSPS) is 18.1. The lowest BCUT2D eigenvalue weighted by Gasteiger charge is -2.34. The van der Waals surface area contributed by atoms with Gasteiger partial charge in [0, 0.05) is 44.3 Å². The number of rotatable bonds is 6. The van der Waals surface area contributed by atoms with Gasteiger partial charge in [0.1, 0.15) is 12.2 Å². The van der Waals surface area contributed by atoms with Gasteiger partial charge in [-0.3, -0.25) is 14.4 Å². The van der Waals surface area contributed by atoms with Crippen LogP contribution in [0.25, 0.3) is 0 Å². The van der Waals surface area contributed by atoms with E-state index in [4.69, 9.17) is 0 Å². The van der Waals surface area contributed by atoms with Crippen molar-refractivity contribution in [1.29, 1.82) is 0 Å². The first-order valence-corrected chi connectivity index (χ1v) is 9.91. The van der Waals surface area contributed by atoms with Gasteiger partial charge in [-0.05, 0) is 31.4 Å². The number of piperazine rings is 1. The zero-order valence-electron chi connectivity index (χ0n) is 16.2. The summed E-state index contributed by atoms with van der Waals surface area (Å²) in [5, 5.41) is 3.99. The number of hydrogen-bond donors (Lipinski definition) is 0. The van der Waals surface area contributed by atoms with E-state index < -0.39 is 6.43 Å². The molecule has 7 heteroatoms. The molecule has 2 fully saturated rings. The number of nitrogens with zero attached hydrogens (tertiary/aromatic N) is 4. The Kier molecular flexibility index (Phi) is 5.44. The third-order valence-electron chi connectivity index (χ3n) is 5.59. The summed E-state index contributed by atoms with van der Waals surface area (Å²) < 4.78 is 27.5. The van der Waals surface area contributed by atoms with E-state index in [0.717, 1.165) is 38.2 Å². The summed E-state index contributed by atoms with van der Waals surface area (Å²) in [7, 11) is 0. The van der Waals surface area contributed by atoms with Crippen LogP contribution in [0.2, 0.25) is 0 Å². The maximum absolute atomic E-state index is 13.0. The number of aryl methyl sites for hydroxylation is 1. The first-order valence-electron chi connectivity index (χ1n) is 9.91. The molecule has 2 aliphatic rings. The van der Waals surface area contributed by atoms with E-state index >= 15 is 0 Å². The SMILES string of the molecule is Cc1ccc(CN2CCN(C(=O)Cn3nc(C(F)F)cc3C3CC3)CC2)cc1. The lowest BCUT2D eigenvalue weighted by Crippen LogP contribution is -2.49. The van der Waals surface area contributed by atoms with Gasteiger partial charge in [-0.1, -0.05) is 29.8 Å². The fourth-order valence-electron chi connectivity index (χ4n) is 3.73. The van der Waals surface area contributed by atoms with E-state index in [-0.39, 0.29) is 24.1 Å². The third-order valence-corrected chi connectivity index (χ3v) is 5.59. The van der Waals surface area contributed by atoms with Gasteiger partial charge in [-0.25, -0.2) is 8.78 Å². The van der Waals surface area contributed by atoms with Gasteiger partial charge >= 0.3 is 0 Å². The van der Waals surface area contributed by atoms with Gasteiger partial charge in [-0.15, -0.1) is 0 Å². The van der Waals surface area contributed by atoms with Crippen molar-refractivity contribution in [3.8, 4) is 0 Å². The van der Waals surface area contributed by atoms with Crippen LogP contribution in [0.5, 0.6) is 0 Å².